The van der Waals surface area contributed by atoms with Crippen LogP contribution in [0.5, 0.6) is 0 Å². The molecular weight excluding hydrogens is 299 g/mol. The zero-order valence-corrected chi connectivity index (χ0v) is 12.2. The summed E-state index contributed by atoms with van der Waals surface area (Å²) >= 11 is 12.1. The fourth-order valence-electron chi connectivity index (χ4n) is 2.70. The Hall–Kier alpha value is -1.23. The molecule has 0 saturated carbocycles. The third-order valence-corrected chi connectivity index (χ3v) is 4.07. The Morgan fingerprint density at radius 3 is 2.55 bits per heavy atom. The minimum Gasteiger partial charge on any atom is -0.383 e. The van der Waals surface area contributed by atoms with Gasteiger partial charge in [0.15, 0.2) is 0 Å². The summed E-state index contributed by atoms with van der Waals surface area (Å²) in [6.45, 7) is 0.856. The first-order chi connectivity index (χ1) is 9.61. The lowest BCUT2D eigenvalue weighted by Crippen LogP contribution is -2.30. The molecule has 3 rings (SSSR count). The van der Waals surface area contributed by atoms with Gasteiger partial charge in [-0.15, -0.1) is 0 Å². The molecular formula is C14H14Cl2N2O2. The molecule has 2 atom stereocenters. The Morgan fingerprint density at radius 1 is 1.15 bits per heavy atom. The van der Waals surface area contributed by atoms with Crippen molar-refractivity contribution in [3.8, 4) is 0 Å². The van der Waals surface area contributed by atoms with Crippen molar-refractivity contribution < 1.29 is 4.52 Å². The first-order valence-electron chi connectivity index (χ1n) is 6.49. The molecule has 0 amide bonds. The predicted molar refractivity (Wildman–Crippen MR) is 78.5 cm³/mol. The number of halogens is 2. The summed E-state index contributed by atoms with van der Waals surface area (Å²) in [6.07, 6.45) is 1.78. The molecule has 4 nitrogen and oxygen atoms in total. The van der Waals surface area contributed by atoms with E-state index < -0.39 is 0 Å². The second-order valence-corrected chi connectivity index (χ2v) is 5.92. The van der Waals surface area contributed by atoms with Crippen molar-refractivity contribution >= 4 is 23.2 Å². The Bertz CT molecular complexity index is 645. The molecule has 1 aliphatic rings. The predicted octanol–water partition coefficient (Wildman–Crippen LogP) is 3.48. The fourth-order valence-corrected chi connectivity index (χ4v) is 3.25. The number of piperidine rings is 1. The van der Waals surface area contributed by atoms with Gasteiger partial charge in [-0.05, 0) is 43.1 Å². The SMILES string of the molecule is O=c1cc([C@H]2CCN[C@@H](c3cc(Cl)cc(Cl)c3)C2)o[nH]1. The maximum atomic E-state index is 11.2. The van der Waals surface area contributed by atoms with Crippen molar-refractivity contribution in [1.29, 1.82) is 0 Å². The van der Waals surface area contributed by atoms with E-state index in [-0.39, 0.29) is 17.5 Å². The molecule has 1 aliphatic heterocycles. The third-order valence-electron chi connectivity index (χ3n) is 3.64. The van der Waals surface area contributed by atoms with Crippen LogP contribution in [0.3, 0.4) is 0 Å². The van der Waals surface area contributed by atoms with Crippen LogP contribution in [-0.2, 0) is 0 Å². The highest BCUT2D eigenvalue weighted by Crippen LogP contribution is 2.35. The van der Waals surface area contributed by atoms with E-state index in [1.807, 2.05) is 12.1 Å². The molecule has 2 N–H and O–H groups in total. The molecule has 1 saturated heterocycles. The van der Waals surface area contributed by atoms with E-state index in [4.69, 9.17) is 27.7 Å². The minimum atomic E-state index is -0.194. The molecule has 1 fully saturated rings. The Labute approximate surface area is 126 Å². The van der Waals surface area contributed by atoms with Crippen LogP contribution in [0.4, 0.5) is 0 Å². The van der Waals surface area contributed by atoms with Crippen molar-refractivity contribution in [3.63, 3.8) is 0 Å². The van der Waals surface area contributed by atoms with Gasteiger partial charge in [-0.2, -0.15) is 5.16 Å². The molecule has 0 radical (unpaired) electrons. The third kappa shape index (κ3) is 2.92. The number of aromatic nitrogens is 1. The highest BCUT2D eigenvalue weighted by molar-refractivity contribution is 6.34. The van der Waals surface area contributed by atoms with Crippen LogP contribution in [0, 0.1) is 0 Å². The van der Waals surface area contributed by atoms with Gasteiger partial charge >= 0.3 is 0 Å². The molecule has 1 aromatic carbocycles. The normalized spacial score (nSPS) is 22.9. The summed E-state index contributed by atoms with van der Waals surface area (Å²) < 4.78 is 5.22. The van der Waals surface area contributed by atoms with Gasteiger partial charge in [0.05, 0.1) is 0 Å². The van der Waals surface area contributed by atoms with Gasteiger partial charge in [-0.25, -0.2) is 0 Å². The maximum absolute atomic E-state index is 11.2. The molecule has 0 aliphatic carbocycles. The molecule has 2 heterocycles. The molecule has 2 aromatic rings. The molecule has 1 aromatic heterocycles. The lowest BCUT2D eigenvalue weighted by atomic mass is 9.87. The minimum absolute atomic E-state index is 0.158. The highest BCUT2D eigenvalue weighted by atomic mass is 35.5. The van der Waals surface area contributed by atoms with Gasteiger partial charge in [-0.1, -0.05) is 23.2 Å². The molecule has 20 heavy (non-hydrogen) atoms. The van der Waals surface area contributed by atoms with Crippen molar-refractivity contribution in [3.05, 3.63) is 56.0 Å². The number of aromatic amines is 1. The first kappa shape index (κ1) is 13.7. The van der Waals surface area contributed by atoms with E-state index in [0.29, 0.717) is 10.0 Å². The van der Waals surface area contributed by atoms with Crippen LogP contribution < -0.4 is 10.9 Å². The summed E-state index contributed by atoms with van der Waals surface area (Å²) in [5.41, 5.74) is 0.867. The standard InChI is InChI=1S/C14H14Cl2N2O2/c15-10-3-9(4-11(16)6-10)12-5-8(1-2-17-12)13-7-14(19)18-20-13/h3-4,6-8,12,17H,1-2,5H2,(H,18,19)/t8-,12+/m0/s1. The number of hydrogen-bond acceptors (Lipinski definition) is 3. The summed E-state index contributed by atoms with van der Waals surface area (Å²) in [4.78, 5) is 11.2. The first-order valence-corrected chi connectivity index (χ1v) is 7.25. The summed E-state index contributed by atoms with van der Waals surface area (Å²) in [6, 6.07) is 7.24. The largest absolute Gasteiger partial charge is 0.383 e. The molecule has 0 spiro atoms. The Morgan fingerprint density at radius 2 is 1.90 bits per heavy atom. The average molecular weight is 313 g/mol. The number of H-pyrrole nitrogens is 1. The Kier molecular flexibility index (Phi) is 3.87. The second-order valence-electron chi connectivity index (χ2n) is 5.05. The van der Waals surface area contributed by atoms with Crippen LogP contribution in [0.1, 0.15) is 36.1 Å². The van der Waals surface area contributed by atoms with Crippen molar-refractivity contribution in [1.82, 2.24) is 10.5 Å². The molecule has 106 valence electrons. The van der Waals surface area contributed by atoms with Crippen LogP contribution in [-0.4, -0.2) is 11.7 Å². The molecule has 6 heteroatoms. The van der Waals surface area contributed by atoms with E-state index in [1.165, 1.54) is 6.07 Å². The van der Waals surface area contributed by atoms with E-state index in [0.717, 1.165) is 30.7 Å². The van der Waals surface area contributed by atoms with E-state index in [1.54, 1.807) is 6.07 Å². The van der Waals surface area contributed by atoms with Crippen LogP contribution >= 0.6 is 23.2 Å². The lowest BCUT2D eigenvalue weighted by Gasteiger charge is -2.29. The molecule has 0 unspecified atom stereocenters. The topological polar surface area (TPSA) is 58.0 Å². The van der Waals surface area contributed by atoms with E-state index in [9.17, 15) is 4.79 Å². The number of nitrogens with one attached hydrogen (secondary N) is 2. The van der Waals surface area contributed by atoms with E-state index in [2.05, 4.69) is 10.5 Å². The van der Waals surface area contributed by atoms with Gasteiger partial charge in [0.25, 0.3) is 5.56 Å². The number of hydrogen-bond donors (Lipinski definition) is 2. The number of rotatable bonds is 2. The van der Waals surface area contributed by atoms with Gasteiger partial charge in [0, 0.05) is 28.1 Å². The van der Waals surface area contributed by atoms with Crippen molar-refractivity contribution in [2.75, 3.05) is 6.54 Å². The van der Waals surface area contributed by atoms with Crippen LogP contribution in [0.15, 0.2) is 33.6 Å². The smallest absolute Gasteiger partial charge is 0.280 e. The van der Waals surface area contributed by atoms with Crippen LogP contribution in [0.25, 0.3) is 0 Å². The van der Waals surface area contributed by atoms with Crippen molar-refractivity contribution in [2.24, 2.45) is 0 Å². The molecule has 0 bridgehead atoms. The van der Waals surface area contributed by atoms with Gasteiger partial charge in [0.1, 0.15) is 5.76 Å². The summed E-state index contributed by atoms with van der Waals surface area (Å²) in [5, 5.41) is 7.05. The zero-order valence-electron chi connectivity index (χ0n) is 10.7. The fraction of sp³-hybridized carbons (Fsp3) is 0.357. The number of benzene rings is 1. The summed E-state index contributed by atoms with van der Waals surface area (Å²) in [5.74, 6) is 0.938. The lowest BCUT2D eigenvalue weighted by molar-refractivity contribution is 0.295. The van der Waals surface area contributed by atoms with Crippen LogP contribution in [0.2, 0.25) is 10.0 Å². The Balaban J connectivity index is 1.82. The highest BCUT2D eigenvalue weighted by Gasteiger charge is 2.26. The maximum Gasteiger partial charge on any atom is 0.280 e. The monoisotopic (exact) mass is 312 g/mol. The van der Waals surface area contributed by atoms with Gasteiger partial charge < -0.3 is 9.84 Å². The zero-order chi connectivity index (χ0) is 14.1. The van der Waals surface area contributed by atoms with Gasteiger partial charge in [0.2, 0.25) is 0 Å². The van der Waals surface area contributed by atoms with E-state index >= 15 is 0 Å². The second kappa shape index (κ2) is 5.64. The van der Waals surface area contributed by atoms with Gasteiger partial charge in [-0.3, -0.25) is 4.79 Å². The van der Waals surface area contributed by atoms with Crippen molar-refractivity contribution in [2.45, 2.75) is 24.8 Å². The average Bonchev–Trinajstić information content (AvgIpc) is 2.85. The summed E-state index contributed by atoms with van der Waals surface area (Å²) in [7, 11) is 0. The quantitative estimate of drug-likeness (QED) is 0.892.